The molecule has 0 saturated heterocycles. The highest BCUT2D eigenvalue weighted by molar-refractivity contribution is 14.0. The Bertz CT molecular complexity index is 428. The van der Waals surface area contributed by atoms with E-state index in [1.807, 2.05) is 6.92 Å². The summed E-state index contributed by atoms with van der Waals surface area (Å²) < 4.78 is 5.00. The first-order valence-electron chi connectivity index (χ1n) is 10.2. The van der Waals surface area contributed by atoms with Crippen molar-refractivity contribution in [2.24, 2.45) is 10.9 Å². The van der Waals surface area contributed by atoms with Crippen molar-refractivity contribution < 1.29 is 9.53 Å². The molecule has 0 bridgehead atoms. The van der Waals surface area contributed by atoms with E-state index in [0.29, 0.717) is 25.1 Å². The van der Waals surface area contributed by atoms with Crippen molar-refractivity contribution in [2.75, 3.05) is 39.8 Å². The van der Waals surface area contributed by atoms with Gasteiger partial charge in [0.15, 0.2) is 5.96 Å². The van der Waals surface area contributed by atoms with Gasteiger partial charge in [-0.3, -0.25) is 4.99 Å². The van der Waals surface area contributed by atoms with E-state index in [1.54, 1.807) is 7.05 Å². The van der Waals surface area contributed by atoms with Gasteiger partial charge in [0.25, 0.3) is 0 Å². The Balaban J connectivity index is 0.00000676. The van der Waals surface area contributed by atoms with Gasteiger partial charge in [0.05, 0.1) is 12.6 Å². The summed E-state index contributed by atoms with van der Waals surface area (Å²) in [5.74, 6) is 1.33. The number of amides is 1. The van der Waals surface area contributed by atoms with Gasteiger partial charge in [0, 0.05) is 19.6 Å². The highest BCUT2D eigenvalue weighted by atomic mass is 127. The van der Waals surface area contributed by atoms with Crippen molar-refractivity contribution in [1.29, 1.82) is 0 Å². The van der Waals surface area contributed by atoms with Gasteiger partial charge in [-0.05, 0) is 65.1 Å². The smallest absolute Gasteiger partial charge is 0.407 e. The Morgan fingerprint density at radius 3 is 2.41 bits per heavy atom. The van der Waals surface area contributed by atoms with Gasteiger partial charge < -0.3 is 25.6 Å². The maximum absolute atomic E-state index is 11.7. The van der Waals surface area contributed by atoms with Crippen molar-refractivity contribution in [3.05, 3.63) is 0 Å². The average Bonchev–Trinajstić information content (AvgIpc) is 3.46. The zero-order valence-corrected chi connectivity index (χ0v) is 20.0. The molecule has 0 aromatic carbocycles. The van der Waals surface area contributed by atoms with Gasteiger partial charge in [-0.1, -0.05) is 13.8 Å². The molecule has 2 unspecified atom stereocenters. The molecular weight excluding hydrogens is 457 g/mol. The molecule has 8 heteroatoms. The Kier molecular flexibility index (Phi) is 14.8. The molecule has 0 aliphatic heterocycles. The summed E-state index contributed by atoms with van der Waals surface area (Å²) in [6.07, 6.45) is 4.25. The molecule has 0 aromatic heterocycles. The van der Waals surface area contributed by atoms with Crippen LogP contribution in [0.2, 0.25) is 0 Å². The van der Waals surface area contributed by atoms with Gasteiger partial charge in [-0.15, -0.1) is 24.0 Å². The van der Waals surface area contributed by atoms with Crippen LogP contribution in [0, 0.1) is 5.92 Å². The van der Waals surface area contributed by atoms with Crippen LogP contribution < -0.4 is 16.0 Å². The molecule has 0 spiro atoms. The molecule has 1 amide bonds. The van der Waals surface area contributed by atoms with E-state index < -0.39 is 0 Å². The third-order valence-electron chi connectivity index (χ3n) is 4.87. The van der Waals surface area contributed by atoms with Crippen LogP contribution in [0.3, 0.4) is 0 Å². The predicted octanol–water partition coefficient (Wildman–Crippen LogP) is 2.80. The van der Waals surface area contributed by atoms with Crippen LogP contribution in [0.15, 0.2) is 4.99 Å². The van der Waals surface area contributed by atoms with E-state index in [1.165, 1.54) is 6.42 Å². The number of carbonyl (C=O) groups is 1. The molecule has 2 atom stereocenters. The summed E-state index contributed by atoms with van der Waals surface area (Å²) in [6, 6.07) is 0.444. The second-order valence-electron chi connectivity index (χ2n) is 6.98. The lowest BCUT2D eigenvalue weighted by molar-refractivity contribution is 0.146. The fraction of sp³-hybridized carbons (Fsp3) is 0.895. The van der Waals surface area contributed by atoms with Crippen LogP contribution in [0.5, 0.6) is 0 Å². The zero-order valence-electron chi connectivity index (χ0n) is 17.7. The first-order valence-corrected chi connectivity index (χ1v) is 10.2. The lowest BCUT2D eigenvalue weighted by Gasteiger charge is -2.23. The number of nitrogens with one attached hydrogen (secondary N) is 3. The summed E-state index contributed by atoms with van der Waals surface area (Å²) >= 11 is 0. The quantitative estimate of drug-likeness (QED) is 0.220. The molecular formula is C19H40IN5O2. The molecule has 0 heterocycles. The summed E-state index contributed by atoms with van der Waals surface area (Å²) in [5.41, 5.74) is 0. The van der Waals surface area contributed by atoms with Crippen molar-refractivity contribution in [2.45, 2.75) is 65.5 Å². The Hall–Kier alpha value is -0.770. The second kappa shape index (κ2) is 15.2. The second-order valence-corrected chi connectivity index (χ2v) is 6.98. The van der Waals surface area contributed by atoms with Gasteiger partial charge in [-0.2, -0.15) is 0 Å². The minimum Gasteiger partial charge on any atom is -0.450 e. The number of ether oxygens (including phenoxy) is 1. The average molecular weight is 497 g/mol. The summed E-state index contributed by atoms with van der Waals surface area (Å²) in [4.78, 5) is 18.4. The number of aliphatic imine (C=N–C) groups is 1. The largest absolute Gasteiger partial charge is 0.450 e. The normalized spacial score (nSPS) is 16.3. The van der Waals surface area contributed by atoms with Crippen LogP contribution in [0.1, 0.15) is 53.4 Å². The molecule has 0 radical (unpaired) electrons. The molecule has 1 aliphatic rings. The molecule has 1 fully saturated rings. The van der Waals surface area contributed by atoms with Gasteiger partial charge >= 0.3 is 6.09 Å². The van der Waals surface area contributed by atoms with Crippen LogP contribution in [-0.4, -0.2) is 68.9 Å². The van der Waals surface area contributed by atoms with Crippen molar-refractivity contribution >= 4 is 36.0 Å². The Morgan fingerprint density at radius 2 is 1.89 bits per heavy atom. The lowest BCUT2D eigenvalue weighted by Crippen LogP contribution is -2.49. The van der Waals surface area contributed by atoms with E-state index >= 15 is 0 Å². The third-order valence-corrected chi connectivity index (χ3v) is 4.87. The molecule has 1 rings (SSSR count). The molecule has 0 aromatic rings. The predicted molar refractivity (Wildman–Crippen MR) is 123 cm³/mol. The topological polar surface area (TPSA) is 78.0 Å². The van der Waals surface area contributed by atoms with Crippen LogP contribution >= 0.6 is 24.0 Å². The first kappa shape index (κ1) is 26.2. The molecule has 160 valence electrons. The highest BCUT2D eigenvalue weighted by Gasteiger charge is 2.32. The number of alkyl carbamates (subject to hydrolysis) is 1. The number of halogens is 1. The number of hydrogen-bond donors (Lipinski definition) is 3. The maximum Gasteiger partial charge on any atom is 0.407 e. The number of carbonyl (C=O) groups excluding carboxylic acids is 1. The first-order chi connectivity index (χ1) is 12.5. The van der Waals surface area contributed by atoms with Crippen molar-refractivity contribution in [3.63, 3.8) is 0 Å². The van der Waals surface area contributed by atoms with Gasteiger partial charge in [0.2, 0.25) is 0 Å². The molecule has 1 aliphatic carbocycles. The van der Waals surface area contributed by atoms with E-state index in [0.717, 1.165) is 44.9 Å². The van der Waals surface area contributed by atoms with Gasteiger partial charge in [0.1, 0.15) is 0 Å². The van der Waals surface area contributed by atoms with Crippen molar-refractivity contribution in [3.8, 4) is 0 Å². The lowest BCUT2D eigenvalue weighted by atomic mass is 10.1. The minimum absolute atomic E-state index is 0. The standard InChI is InChI=1S/C19H39N5O2.HI/c1-6-24(7-2)13-9-10-15(4)22-18(20-5)21-14-17(16-11-12-16)23-19(25)26-8-3;/h15-17H,6-14H2,1-5H3,(H,23,25)(H2,20,21,22);1H. The minimum atomic E-state index is -0.334. The van der Waals surface area contributed by atoms with E-state index in [4.69, 9.17) is 4.74 Å². The zero-order chi connectivity index (χ0) is 19.4. The molecule has 3 N–H and O–H groups in total. The summed E-state index contributed by atoms with van der Waals surface area (Å²) in [5, 5.41) is 9.76. The third kappa shape index (κ3) is 11.6. The Labute approximate surface area is 182 Å². The molecule has 27 heavy (non-hydrogen) atoms. The SMILES string of the molecule is CCOC(=O)NC(CNC(=NC)NC(C)CCCN(CC)CC)C1CC1.I. The summed E-state index contributed by atoms with van der Waals surface area (Å²) in [6.45, 7) is 12.8. The molecule has 1 saturated carbocycles. The van der Waals surface area contributed by atoms with Gasteiger partial charge in [-0.25, -0.2) is 4.79 Å². The van der Waals surface area contributed by atoms with E-state index in [2.05, 4.69) is 46.6 Å². The highest BCUT2D eigenvalue weighted by Crippen LogP contribution is 2.32. The number of hydrogen-bond acceptors (Lipinski definition) is 4. The van der Waals surface area contributed by atoms with E-state index in [9.17, 15) is 4.79 Å². The fourth-order valence-corrected chi connectivity index (χ4v) is 3.03. The monoisotopic (exact) mass is 497 g/mol. The maximum atomic E-state index is 11.7. The number of guanidine groups is 1. The molecule has 7 nitrogen and oxygen atoms in total. The number of nitrogens with zero attached hydrogens (tertiary/aromatic N) is 2. The van der Waals surface area contributed by atoms with E-state index in [-0.39, 0.29) is 36.1 Å². The van der Waals surface area contributed by atoms with Crippen LogP contribution in [-0.2, 0) is 4.74 Å². The fourth-order valence-electron chi connectivity index (χ4n) is 3.03. The summed E-state index contributed by atoms with van der Waals surface area (Å²) in [7, 11) is 1.78. The number of rotatable bonds is 12. The van der Waals surface area contributed by atoms with Crippen molar-refractivity contribution in [1.82, 2.24) is 20.9 Å². The van der Waals surface area contributed by atoms with Crippen LogP contribution in [0.4, 0.5) is 4.79 Å². The van der Waals surface area contributed by atoms with Crippen LogP contribution in [0.25, 0.3) is 0 Å². The Morgan fingerprint density at radius 1 is 1.22 bits per heavy atom.